The molecule has 5 nitrogen and oxygen atoms in total. The maximum absolute atomic E-state index is 12.6. The van der Waals surface area contributed by atoms with Crippen LogP contribution in [0.3, 0.4) is 0 Å². The van der Waals surface area contributed by atoms with Crippen LogP contribution in [0.1, 0.15) is 33.6 Å². The lowest BCUT2D eigenvalue weighted by molar-refractivity contribution is 0.102. The Labute approximate surface area is 152 Å². The van der Waals surface area contributed by atoms with Gasteiger partial charge in [-0.1, -0.05) is 17.7 Å². The molecule has 0 atom stereocenters. The Morgan fingerprint density at radius 2 is 2.08 bits per heavy atom. The van der Waals surface area contributed by atoms with E-state index in [1.54, 1.807) is 24.3 Å². The molecule has 2 aromatic heterocycles. The number of aryl methyl sites for hydroxylation is 2. The van der Waals surface area contributed by atoms with Crippen LogP contribution in [0.2, 0.25) is 5.02 Å². The molecule has 128 valence electrons. The summed E-state index contributed by atoms with van der Waals surface area (Å²) in [7, 11) is 0. The topological polar surface area (TPSA) is 82.2 Å². The predicted octanol–water partition coefficient (Wildman–Crippen LogP) is 4.08. The van der Waals surface area contributed by atoms with Gasteiger partial charge in [-0.15, -0.1) is 11.3 Å². The maximum atomic E-state index is 12.6. The number of hydrogen-bond acceptors (Lipinski definition) is 4. The van der Waals surface area contributed by atoms with Gasteiger partial charge in [-0.3, -0.25) is 9.59 Å². The van der Waals surface area contributed by atoms with Gasteiger partial charge in [-0.25, -0.2) is 0 Å². The molecule has 3 aromatic rings. The van der Waals surface area contributed by atoms with E-state index in [9.17, 15) is 14.7 Å². The van der Waals surface area contributed by atoms with Crippen LogP contribution in [0.25, 0.3) is 10.2 Å². The fraction of sp³-hybridized carbons (Fsp3) is 0.222. The molecule has 0 fully saturated rings. The molecule has 0 spiro atoms. The first-order valence-electron chi connectivity index (χ1n) is 8.01. The number of benzene rings is 1. The van der Waals surface area contributed by atoms with Crippen molar-refractivity contribution < 1.29 is 9.90 Å². The van der Waals surface area contributed by atoms with E-state index in [0.717, 1.165) is 31.2 Å². The normalized spacial score (nSPS) is 13.6. The van der Waals surface area contributed by atoms with Crippen molar-refractivity contribution in [2.75, 3.05) is 5.32 Å². The molecule has 0 unspecified atom stereocenters. The Kier molecular flexibility index (Phi) is 4.01. The van der Waals surface area contributed by atoms with Gasteiger partial charge in [-0.2, -0.15) is 0 Å². The van der Waals surface area contributed by atoms with Crippen molar-refractivity contribution >= 4 is 44.7 Å². The number of hydrogen-bond donors (Lipinski definition) is 3. The average Bonchev–Trinajstić information content (AvgIpc) is 2.92. The lowest BCUT2D eigenvalue weighted by atomic mass is 9.96. The highest BCUT2D eigenvalue weighted by atomic mass is 35.5. The quantitative estimate of drug-likeness (QED) is 0.632. The number of carbonyl (C=O) groups is 1. The van der Waals surface area contributed by atoms with Crippen molar-refractivity contribution in [3.8, 4) is 5.75 Å². The Balaban J connectivity index is 1.81. The molecule has 4 rings (SSSR count). The number of carbonyl (C=O) groups excluding carboxylic acids is 1. The number of thiophene rings is 1. The van der Waals surface area contributed by atoms with Crippen molar-refractivity contribution in [2.24, 2.45) is 0 Å². The van der Waals surface area contributed by atoms with Crippen molar-refractivity contribution in [3.63, 3.8) is 0 Å². The van der Waals surface area contributed by atoms with E-state index in [-0.39, 0.29) is 11.3 Å². The monoisotopic (exact) mass is 374 g/mol. The fourth-order valence-corrected chi connectivity index (χ4v) is 4.75. The number of anilines is 1. The summed E-state index contributed by atoms with van der Waals surface area (Å²) >= 11 is 7.40. The number of H-pyrrole nitrogens is 1. The zero-order valence-electron chi connectivity index (χ0n) is 13.2. The predicted molar refractivity (Wildman–Crippen MR) is 100 cm³/mol. The Hall–Kier alpha value is -2.31. The molecule has 0 aliphatic heterocycles. The molecule has 0 radical (unpaired) electrons. The standard InChI is InChI=1S/C18H15ClN2O3S/c19-9-4-3-5-10(8-9)20-16(23)14-15(22)13-11-6-1-2-7-12(11)25-18(13)21-17(14)24/h3-5,8H,1-2,6-7H2,(H,20,23)(H2,21,22,24). The Morgan fingerprint density at radius 3 is 2.88 bits per heavy atom. The van der Waals surface area contributed by atoms with Crippen molar-refractivity contribution in [2.45, 2.75) is 25.7 Å². The van der Waals surface area contributed by atoms with E-state index in [2.05, 4.69) is 10.3 Å². The van der Waals surface area contributed by atoms with E-state index < -0.39 is 11.5 Å². The first kappa shape index (κ1) is 16.2. The number of aromatic nitrogens is 1. The van der Waals surface area contributed by atoms with Crippen LogP contribution in [0.15, 0.2) is 29.1 Å². The third kappa shape index (κ3) is 2.81. The summed E-state index contributed by atoms with van der Waals surface area (Å²) < 4.78 is 0. The molecule has 1 amide bonds. The molecule has 2 heterocycles. The van der Waals surface area contributed by atoms with Crippen LogP contribution in [-0.4, -0.2) is 16.0 Å². The molecular formula is C18H15ClN2O3S. The highest BCUT2D eigenvalue weighted by Gasteiger charge is 2.25. The van der Waals surface area contributed by atoms with Crippen LogP contribution in [-0.2, 0) is 12.8 Å². The number of aromatic hydroxyl groups is 1. The highest BCUT2D eigenvalue weighted by molar-refractivity contribution is 7.18. The van der Waals surface area contributed by atoms with Crippen LogP contribution < -0.4 is 10.9 Å². The summed E-state index contributed by atoms with van der Waals surface area (Å²) in [6.07, 6.45) is 3.94. The summed E-state index contributed by atoms with van der Waals surface area (Å²) in [5, 5.41) is 14.4. The van der Waals surface area contributed by atoms with Gasteiger partial charge in [0.15, 0.2) is 0 Å². The first-order valence-corrected chi connectivity index (χ1v) is 9.20. The number of nitrogens with one attached hydrogen (secondary N) is 2. The van der Waals surface area contributed by atoms with Gasteiger partial charge in [0.1, 0.15) is 16.1 Å². The van der Waals surface area contributed by atoms with E-state index in [1.807, 2.05) is 0 Å². The lowest BCUT2D eigenvalue weighted by Gasteiger charge is -2.12. The van der Waals surface area contributed by atoms with Gasteiger partial charge < -0.3 is 15.4 Å². The molecule has 25 heavy (non-hydrogen) atoms. The average molecular weight is 375 g/mol. The highest BCUT2D eigenvalue weighted by Crippen LogP contribution is 2.40. The van der Waals surface area contributed by atoms with Crippen LogP contribution in [0.4, 0.5) is 5.69 Å². The second-order valence-corrected chi connectivity index (χ2v) is 7.60. The molecule has 1 aliphatic carbocycles. The van der Waals surface area contributed by atoms with E-state index >= 15 is 0 Å². The molecule has 0 bridgehead atoms. The summed E-state index contributed by atoms with van der Waals surface area (Å²) in [6.45, 7) is 0. The van der Waals surface area contributed by atoms with E-state index in [1.165, 1.54) is 16.2 Å². The van der Waals surface area contributed by atoms with Gasteiger partial charge >= 0.3 is 0 Å². The van der Waals surface area contributed by atoms with Gasteiger partial charge in [0.25, 0.3) is 11.5 Å². The van der Waals surface area contributed by atoms with Gasteiger partial charge in [0.2, 0.25) is 0 Å². The third-order valence-electron chi connectivity index (χ3n) is 4.41. The van der Waals surface area contributed by atoms with Crippen molar-refractivity contribution in [3.05, 3.63) is 55.6 Å². The Bertz CT molecular complexity index is 1050. The van der Waals surface area contributed by atoms with Crippen LogP contribution in [0, 0.1) is 0 Å². The third-order valence-corrected chi connectivity index (χ3v) is 5.85. The van der Waals surface area contributed by atoms with Crippen LogP contribution in [0.5, 0.6) is 5.75 Å². The van der Waals surface area contributed by atoms with Crippen molar-refractivity contribution in [1.82, 2.24) is 4.98 Å². The molecular weight excluding hydrogens is 360 g/mol. The molecule has 0 saturated heterocycles. The second-order valence-electron chi connectivity index (χ2n) is 6.06. The SMILES string of the molecule is O=C(Nc1cccc(Cl)c1)c1c(O)c2c3c(sc2[nH]c1=O)CCCC3. The summed E-state index contributed by atoms with van der Waals surface area (Å²) in [4.78, 5) is 29.5. The smallest absolute Gasteiger partial charge is 0.265 e. The summed E-state index contributed by atoms with van der Waals surface area (Å²) in [5.74, 6) is -0.892. The zero-order chi connectivity index (χ0) is 17.6. The number of fused-ring (bicyclic) bond motifs is 3. The molecule has 1 aliphatic rings. The van der Waals surface area contributed by atoms with E-state index in [0.29, 0.717) is 20.9 Å². The molecule has 1 aromatic carbocycles. The van der Waals surface area contributed by atoms with Crippen LogP contribution >= 0.6 is 22.9 Å². The molecule has 0 saturated carbocycles. The maximum Gasteiger partial charge on any atom is 0.265 e. The largest absolute Gasteiger partial charge is 0.506 e. The minimum absolute atomic E-state index is 0.238. The van der Waals surface area contributed by atoms with Crippen molar-refractivity contribution in [1.29, 1.82) is 0 Å². The molecule has 7 heteroatoms. The van der Waals surface area contributed by atoms with Gasteiger partial charge in [0.05, 0.1) is 5.39 Å². The number of pyridine rings is 1. The van der Waals surface area contributed by atoms with Gasteiger partial charge in [0, 0.05) is 15.6 Å². The summed E-state index contributed by atoms with van der Waals surface area (Å²) in [6, 6.07) is 6.63. The van der Waals surface area contributed by atoms with E-state index in [4.69, 9.17) is 11.6 Å². The minimum atomic E-state index is -0.654. The fourth-order valence-electron chi connectivity index (χ4n) is 3.27. The number of halogens is 1. The number of rotatable bonds is 2. The Morgan fingerprint density at radius 1 is 1.28 bits per heavy atom. The zero-order valence-corrected chi connectivity index (χ0v) is 14.8. The lowest BCUT2D eigenvalue weighted by Crippen LogP contribution is -2.23. The number of aromatic amines is 1. The minimum Gasteiger partial charge on any atom is -0.506 e. The number of amides is 1. The van der Waals surface area contributed by atoms with Gasteiger partial charge in [-0.05, 0) is 49.4 Å². The summed E-state index contributed by atoms with van der Waals surface area (Å²) in [5.41, 5.74) is 0.655. The second kappa shape index (κ2) is 6.20. The first-order chi connectivity index (χ1) is 12.0. The molecule has 3 N–H and O–H groups in total.